The zero-order valence-corrected chi connectivity index (χ0v) is 16.7. The summed E-state index contributed by atoms with van der Waals surface area (Å²) in [5.41, 5.74) is 8.48. The van der Waals surface area contributed by atoms with Crippen molar-refractivity contribution < 1.29 is 15.2 Å². The highest BCUT2D eigenvalue weighted by atomic mass is 16.8. The van der Waals surface area contributed by atoms with E-state index in [0.717, 1.165) is 5.56 Å². The van der Waals surface area contributed by atoms with E-state index < -0.39 is 11.1 Å². The number of hydrogen-bond donors (Lipinski definition) is 3. The Kier molecular flexibility index (Phi) is 5.31. The number of nitrogens with one attached hydrogen (secondary N) is 1. The number of hydrogen-bond acceptors (Lipinski definition) is 6. The van der Waals surface area contributed by atoms with Crippen molar-refractivity contribution >= 4 is 5.69 Å². The third-order valence-corrected chi connectivity index (χ3v) is 5.36. The molecule has 8 nitrogen and oxygen atoms in total. The second-order valence-electron chi connectivity index (χ2n) is 7.29. The smallest absolute Gasteiger partial charge is 0.259 e. The molecule has 1 aliphatic heterocycles. The fourth-order valence-electron chi connectivity index (χ4n) is 3.80. The lowest BCUT2D eigenvalue weighted by Crippen LogP contribution is -2.99. The van der Waals surface area contributed by atoms with Crippen LogP contribution in [0.5, 0.6) is 5.75 Å². The van der Waals surface area contributed by atoms with Crippen molar-refractivity contribution in [1.29, 1.82) is 5.26 Å². The number of aromatic nitrogens is 1. The van der Waals surface area contributed by atoms with Gasteiger partial charge in [-0.1, -0.05) is 42.5 Å². The predicted molar refractivity (Wildman–Crippen MR) is 112 cm³/mol. The van der Waals surface area contributed by atoms with Gasteiger partial charge in [0, 0.05) is 23.9 Å². The van der Waals surface area contributed by atoms with E-state index in [4.69, 9.17) is 10.5 Å². The maximum absolute atomic E-state index is 13.6. The summed E-state index contributed by atoms with van der Waals surface area (Å²) in [5.74, 6) is -0.524. The van der Waals surface area contributed by atoms with Crippen molar-refractivity contribution in [2.75, 3.05) is 0 Å². The Bertz CT molecular complexity index is 1260. The number of fused-ring (bicyclic) bond motifs is 1. The van der Waals surface area contributed by atoms with Crippen LogP contribution >= 0.6 is 0 Å². The Labute approximate surface area is 178 Å². The summed E-state index contributed by atoms with van der Waals surface area (Å²) in [4.78, 5) is 13.6. The van der Waals surface area contributed by atoms with Crippen LogP contribution in [-0.2, 0) is 6.54 Å². The summed E-state index contributed by atoms with van der Waals surface area (Å²) >= 11 is 0. The molecule has 4 rings (SSSR count). The van der Waals surface area contributed by atoms with Gasteiger partial charge < -0.3 is 20.2 Å². The van der Waals surface area contributed by atoms with Gasteiger partial charge in [0.1, 0.15) is 17.4 Å². The molecule has 31 heavy (non-hydrogen) atoms. The van der Waals surface area contributed by atoms with Crippen LogP contribution in [0.25, 0.3) is 0 Å². The Hall–Kier alpha value is -3.90. The summed E-state index contributed by atoms with van der Waals surface area (Å²) in [6.45, 7) is 2.18. The van der Waals surface area contributed by atoms with E-state index >= 15 is 0 Å². The minimum absolute atomic E-state index is 0.0677. The molecule has 0 aliphatic carbocycles. The normalized spacial score (nSPS) is 16.3. The molecule has 0 amide bonds. The summed E-state index contributed by atoms with van der Waals surface area (Å²) in [7, 11) is 0. The largest absolute Gasteiger partial charge is 0.595 e. The van der Waals surface area contributed by atoms with E-state index in [1.54, 1.807) is 22.8 Å². The van der Waals surface area contributed by atoms with Gasteiger partial charge in [-0.05, 0) is 18.1 Å². The van der Waals surface area contributed by atoms with Crippen LogP contribution in [0.2, 0.25) is 0 Å². The Morgan fingerprint density at radius 2 is 1.90 bits per heavy atom. The highest BCUT2D eigenvalue weighted by Gasteiger charge is 2.34. The predicted octanol–water partition coefficient (Wildman–Crippen LogP) is 1.83. The molecule has 0 spiro atoms. The number of benzene rings is 2. The molecule has 2 atom stereocenters. The molecule has 4 N–H and O–H groups in total. The average molecular weight is 416 g/mol. The molecule has 1 aromatic heterocycles. The molecule has 1 unspecified atom stereocenters. The molecule has 0 radical (unpaired) electrons. The number of nitrogens with two attached hydrogens (primary N) is 1. The quantitative estimate of drug-likeness (QED) is 0.557. The van der Waals surface area contributed by atoms with Gasteiger partial charge >= 0.3 is 0 Å². The molecule has 3 aromatic rings. The van der Waals surface area contributed by atoms with Crippen molar-refractivity contribution in [2.45, 2.75) is 19.4 Å². The maximum Gasteiger partial charge on any atom is 0.259 e. The van der Waals surface area contributed by atoms with Gasteiger partial charge in [-0.2, -0.15) is 10.5 Å². The topological polar surface area (TPSA) is 129 Å². The van der Waals surface area contributed by atoms with Crippen molar-refractivity contribution in [3.05, 3.63) is 110 Å². The van der Waals surface area contributed by atoms with Crippen molar-refractivity contribution in [1.82, 2.24) is 4.57 Å². The fourth-order valence-corrected chi connectivity index (χ4v) is 3.80. The molecular formula is C23H20N4O4. The zero-order valence-electron chi connectivity index (χ0n) is 16.7. The molecule has 2 aromatic carbocycles. The van der Waals surface area contributed by atoms with Gasteiger partial charge in [0.2, 0.25) is 5.88 Å². The van der Waals surface area contributed by atoms with Crippen LogP contribution in [-0.4, -0.2) is 9.77 Å². The van der Waals surface area contributed by atoms with Gasteiger partial charge in [0.05, 0.1) is 18.0 Å². The second kappa shape index (κ2) is 8.08. The standard InChI is InChI=1S/C23H20N4O4/c1-14-11-19-21(23(28)26(14)13-15-5-3-2-4-6-15)20(18(12-24)22(25)31-19)16-7-9-17(10-8-16)27(29)30/h2-11,20,27,29H,13,25H2,1H3/t20-/m0/s1. The van der Waals surface area contributed by atoms with Gasteiger partial charge in [0.25, 0.3) is 5.56 Å². The third-order valence-electron chi connectivity index (χ3n) is 5.36. The third kappa shape index (κ3) is 3.69. The van der Waals surface area contributed by atoms with E-state index in [0.29, 0.717) is 29.1 Å². The number of rotatable bonds is 4. The number of ether oxygens (including phenoxy) is 1. The summed E-state index contributed by atoms with van der Waals surface area (Å²) in [6.07, 6.45) is 0. The summed E-state index contributed by atoms with van der Waals surface area (Å²) < 4.78 is 7.27. The van der Waals surface area contributed by atoms with E-state index in [-0.39, 0.29) is 22.7 Å². The Morgan fingerprint density at radius 1 is 1.23 bits per heavy atom. The second-order valence-corrected chi connectivity index (χ2v) is 7.29. The van der Waals surface area contributed by atoms with Crippen molar-refractivity contribution in [3.63, 3.8) is 0 Å². The Morgan fingerprint density at radius 3 is 2.52 bits per heavy atom. The first-order chi connectivity index (χ1) is 14.9. The SMILES string of the molecule is Cc1cc2c(c(=O)n1Cc1ccccc1)[C@@H](c1ccc([NH+]([O-])O)cc1)C(C#N)=C(N)O2. The van der Waals surface area contributed by atoms with E-state index in [9.17, 15) is 20.5 Å². The van der Waals surface area contributed by atoms with Crippen LogP contribution in [0.15, 0.2) is 76.9 Å². The first-order valence-corrected chi connectivity index (χ1v) is 9.59. The van der Waals surface area contributed by atoms with Gasteiger partial charge in [-0.25, -0.2) is 5.21 Å². The monoisotopic (exact) mass is 416 g/mol. The van der Waals surface area contributed by atoms with Crippen LogP contribution in [0, 0.1) is 23.5 Å². The molecule has 0 saturated heterocycles. The lowest BCUT2D eigenvalue weighted by atomic mass is 9.84. The molecule has 8 heteroatoms. The fraction of sp³-hybridized carbons (Fsp3) is 0.130. The highest BCUT2D eigenvalue weighted by molar-refractivity contribution is 5.56. The van der Waals surface area contributed by atoms with Gasteiger partial charge in [-0.3, -0.25) is 4.79 Å². The molecule has 1 aliphatic rings. The summed E-state index contributed by atoms with van der Waals surface area (Å²) in [5, 5.41) is 29.1. The molecule has 2 heterocycles. The number of allylic oxidation sites excluding steroid dienone is 1. The number of pyridine rings is 1. The molecule has 156 valence electrons. The van der Waals surface area contributed by atoms with Gasteiger partial charge in [-0.15, -0.1) is 0 Å². The van der Waals surface area contributed by atoms with Crippen LogP contribution in [0.1, 0.15) is 28.3 Å². The molecular weight excluding hydrogens is 396 g/mol. The lowest BCUT2D eigenvalue weighted by Gasteiger charge is -2.27. The highest BCUT2D eigenvalue weighted by Crippen LogP contribution is 2.40. The van der Waals surface area contributed by atoms with E-state index in [1.165, 1.54) is 12.1 Å². The summed E-state index contributed by atoms with van der Waals surface area (Å²) in [6, 6.07) is 19.4. The number of aryl methyl sites for hydroxylation is 1. The number of quaternary nitrogens is 1. The van der Waals surface area contributed by atoms with Crippen LogP contribution in [0.4, 0.5) is 5.69 Å². The van der Waals surface area contributed by atoms with Crippen molar-refractivity contribution in [2.24, 2.45) is 5.73 Å². The molecule has 0 saturated carbocycles. The van der Waals surface area contributed by atoms with E-state index in [1.807, 2.05) is 37.3 Å². The minimum atomic E-state index is -1.06. The molecule has 0 fully saturated rings. The number of nitriles is 1. The molecule has 0 bridgehead atoms. The minimum Gasteiger partial charge on any atom is -0.595 e. The zero-order chi connectivity index (χ0) is 22.1. The average Bonchev–Trinajstić information content (AvgIpc) is 2.76. The van der Waals surface area contributed by atoms with E-state index in [2.05, 4.69) is 6.07 Å². The maximum atomic E-state index is 13.6. The van der Waals surface area contributed by atoms with Crippen LogP contribution < -0.4 is 21.3 Å². The first-order valence-electron chi connectivity index (χ1n) is 9.59. The van der Waals surface area contributed by atoms with Crippen LogP contribution in [0.3, 0.4) is 0 Å². The first kappa shape index (κ1) is 20.4. The van der Waals surface area contributed by atoms with Crippen molar-refractivity contribution in [3.8, 4) is 11.8 Å². The van der Waals surface area contributed by atoms with Gasteiger partial charge in [0.15, 0.2) is 5.69 Å². The lowest BCUT2D eigenvalue weighted by molar-refractivity contribution is -0.991. The number of nitrogens with zero attached hydrogens (tertiary/aromatic N) is 2. The Balaban J connectivity index is 1.89.